The van der Waals surface area contributed by atoms with Gasteiger partial charge in [0.2, 0.25) is 0 Å². The number of nitrogens with one attached hydrogen (secondary N) is 1. The second-order valence-electron chi connectivity index (χ2n) is 5.07. The zero-order chi connectivity index (χ0) is 15.0. The van der Waals surface area contributed by atoms with E-state index in [2.05, 4.69) is 5.32 Å². The minimum atomic E-state index is -1.04. The van der Waals surface area contributed by atoms with Gasteiger partial charge in [-0.2, -0.15) is 0 Å². The third kappa shape index (κ3) is 6.22. The van der Waals surface area contributed by atoms with E-state index in [1.165, 1.54) is 0 Å². The fourth-order valence-electron chi connectivity index (χ4n) is 1.66. The number of carbonyl (C=O) groups excluding carboxylic acids is 1. The third-order valence-electron chi connectivity index (χ3n) is 2.84. The normalized spacial score (nSPS) is 11.9. The van der Waals surface area contributed by atoms with Crippen molar-refractivity contribution in [1.29, 1.82) is 0 Å². The Bertz CT molecular complexity index is 431. The monoisotopic (exact) mass is 279 g/mol. The van der Waals surface area contributed by atoms with Gasteiger partial charge in [0.25, 0.3) is 0 Å². The van der Waals surface area contributed by atoms with E-state index in [0.29, 0.717) is 12.3 Å². The van der Waals surface area contributed by atoms with Crippen molar-refractivity contribution in [1.82, 2.24) is 5.32 Å². The molecule has 5 nitrogen and oxygen atoms in total. The van der Waals surface area contributed by atoms with Gasteiger partial charge in [0.1, 0.15) is 12.6 Å². The standard InChI is InChI=1S/C15H21NO4/c1-11(2)8-9-13(14(17)18)16-15(19)20-10-12-6-4-3-5-7-12/h3-7,11,13H,8-10H2,1-2H3,(H,16,19)(H,17,18)/t13-/m0/s1. The number of hydrogen-bond acceptors (Lipinski definition) is 3. The first-order valence-corrected chi connectivity index (χ1v) is 6.69. The van der Waals surface area contributed by atoms with Gasteiger partial charge in [0.05, 0.1) is 0 Å². The molecule has 1 amide bonds. The Labute approximate surface area is 118 Å². The van der Waals surface area contributed by atoms with E-state index in [-0.39, 0.29) is 6.61 Å². The highest BCUT2D eigenvalue weighted by atomic mass is 16.5. The van der Waals surface area contributed by atoms with Crippen LogP contribution < -0.4 is 5.32 Å². The fraction of sp³-hybridized carbons (Fsp3) is 0.467. The van der Waals surface area contributed by atoms with Crippen LogP contribution in [-0.4, -0.2) is 23.2 Å². The van der Waals surface area contributed by atoms with Crippen LogP contribution >= 0.6 is 0 Å². The van der Waals surface area contributed by atoms with Gasteiger partial charge in [-0.1, -0.05) is 44.2 Å². The first kappa shape index (κ1) is 16.0. The smallest absolute Gasteiger partial charge is 0.408 e. The predicted molar refractivity (Wildman–Crippen MR) is 75.3 cm³/mol. The molecule has 20 heavy (non-hydrogen) atoms. The summed E-state index contributed by atoms with van der Waals surface area (Å²) in [6, 6.07) is 8.33. The lowest BCUT2D eigenvalue weighted by Crippen LogP contribution is -2.41. The van der Waals surface area contributed by atoms with Gasteiger partial charge in [-0.3, -0.25) is 0 Å². The molecule has 0 heterocycles. The van der Waals surface area contributed by atoms with Crippen molar-refractivity contribution in [2.45, 2.75) is 39.3 Å². The maximum absolute atomic E-state index is 11.6. The molecule has 1 aromatic carbocycles. The number of aliphatic carboxylic acids is 1. The quantitative estimate of drug-likeness (QED) is 0.804. The minimum absolute atomic E-state index is 0.128. The summed E-state index contributed by atoms with van der Waals surface area (Å²) in [6.45, 7) is 4.14. The minimum Gasteiger partial charge on any atom is -0.480 e. The number of alkyl carbamates (subject to hydrolysis) is 1. The van der Waals surface area contributed by atoms with Crippen LogP contribution in [0, 0.1) is 5.92 Å². The highest BCUT2D eigenvalue weighted by Gasteiger charge is 2.20. The highest BCUT2D eigenvalue weighted by molar-refractivity contribution is 5.79. The van der Waals surface area contributed by atoms with Crippen LogP contribution in [0.2, 0.25) is 0 Å². The zero-order valence-corrected chi connectivity index (χ0v) is 11.8. The molecule has 1 atom stereocenters. The van der Waals surface area contributed by atoms with E-state index >= 15 is 0 Å². The molecule has 0 radical (unpaired) electrons. The Morgan fingerprint density at radius 1 is 1.20 bits per heavy atom. The van der Waals surface area contributed by atoms with Gasteiger partial charge in [-0.15, -0.1) is 0 Å². The molecule has 0 fully saturated rings. The Balaban J connectivity index is 2.40. The van der Waals surface area contributed by atoms with Crippen LogP contribution in [0.1, 0.15) is 32.3 Å². The van der Waals surface area contributed by atoms with E-state index in [0.717, 1.165) is 12.0 Å². The summed E-state index contributed by atoms with van der Waals surface area (Å²) in [5.74, 6) is -0.652. The molecule has 0 aliphatic carbocycles. The number of carbonyl (C=O) groups is 2. The summed E-state index contributed by atoms with van der Waals surface area (Å²) in [5.41, 5.74) is 0.858. The summed E-state index contributed by atoms with van der Waals surface area (Å²) in [6.07, 6.45) is 0.425. The number of amides is 1. The van der Waals surface area contributed by atoms with Gasteiger partial charge in [-0.05, 0) is 24.3 Å². The molecule has 2 N–H and O–H groups in total. The van der Waals surface area contributed by atoms with Crippen molar-refractivity contribution >= 4 is 12.1 Å². The van der Waals surface area contributed by atoms with E-state index < -0.39 is 18.1 Å². The molecule has 0 spiro atoms. The van der Waals surface area contributed by atoms with Gasteiger partial charge < -0.3 is 15.2 Å². The fourth-order valence-corrected chi connectivity index (χ4v) is 1.66. The molecule has 0 saturated carbocycles. The first-order valence-electron chi connectivity index (χ1n) is 6.69. The topological polar surface area (TPSA) is 75.6 Å². The number of benzene rings is 1. The molecular formula is C15H21NO4. The van der Waals surface area contributed by atoms with Crippen molar-refractivity contribution in [2.24, 2.45) is 5.92 Å². The van der Waals surface area contributed by atoms with Crippen LogP contribution in [0.15, 0.2) is 30.3 Å². The van der Waals surface area contributed by atoms with Crippen LogP contribution in [0.5, 0.6) is 0 Å². The van der Waals surface area contributed by atoms with Crippen LogP contribution in [-0.2, 0) is 16.1 Å². The zero-order valence-electron chi connectivity index (χ0n) is 11.8. The maximum atomic E-state index is 11.6. The summed E-state index contributed by atoms with van der Waals surface area (Å²) in [4.78, 5) is 22.6. The predicted octanol–water partition coefficient (Wildman–Crippen LogP) is 2.80. The Morgan fingerprint density at radius 3 is 2.40 bits per heavy atom. The van der Waals surface area contributed by atoms with Crippen LogP contribution in [0.3, 0.4) is 0 Å². The number of hydrogen-bond donors (Lipinski definition) is 2. The lowest BCUT2D eigenvalue weighted by atomic mass is 10.0. The molecule has 110 valence electrons. The van der Waals surface area contributed by atoms with Crippen molar-refractivity contribution < 1.29 is 19.4 Å². The van der Waals surface area contributed by atoms with E-state index in [4.69, 9.17) is 9.84 Å². The van der Waals surface area contributed by atoms with Crippen LogP contribution in [0.25, 0.3) is 0 Å². The molecule has 0 aliphatic rings. The number of ether oxygens (including phenoxy) is 1. The summed E-state index contributed by atoms with van der Waals surface area (Å²) < 4.78 is 5.00. The second-order valence-corrected chi connectivity index (χ2v) is 5.07. The van der Waals surface area contributed by atoms with Crippen molar-refractivity contribution in [2.75, 3.05) is 0 Å². The molecular weight excluding hydrogens is 258 g/mol. The molecule has 0 unspecified atom stereocenters. The molecule has 0 aromatic heterocycles. The SMILES string of the molecule is CC(C)CC[C@H](NC(=O)OCc1ccccc1)C(=O)O. The lowest BCUT2D eigenvalue weighted by Gasteiger charge is -2.15. The van der Waals surface area contributed by atoms with Gasteiger partial charge in [0, 0.05) is 0 Å². The second kappa shape index (κ2) is 8.19. The van der Waals surface area contributed by atoms with E-state index in [1.54, 1.807) is 0 Å². The highest BCUT2D eigenvalue weighted by Crippen LogP contribution is 2.08. The molecule has 0 bridgehead atoms. The average molecular weight is 279 g/mol. The lowest BCUT2D eigenvalue weighted by molar-refractivity contribution is -0.139. The third-order valence-corrected chi connectivity index (χ3v) is 2.84. The average Bonchev–Trinajstić information content (AvgIpc) is 2.41. The number of rotatable bonds is 7. The molecule has 0 saturated heterocycles. The molecule has 1 aromatic rings. The molecule has 0 aliphatic heterocycles. The summed E-state index contributed by atoms with van der Waals surface area (Å²) in [7, 11) is 0. The molecule has 1 rings (SSSR count). The summed E-state index contributed by atoms with van der Waals surface area (Å²) in [5, 5.41) is 11.4. The van der Waals surface area contributed by atoms with Gasteiger partial charge in [0.15, 0.2) is 0 Å². The van der Waals surface area contributed by atoms with Gasteiger partial charge in [-0.25, -0.2) is 9.59 Å². The van der Waals surface area contributed by atoms with Crippen molar-refractivity contribution in [3.63, 3.8) is 0 Å². The number of carboxylic acids is 1. The Hall–Kier alpha value is -2.04. The summed E-state index contributed by atoms with van der Waals surface area (Å²) >= 11 is 0. The van der Waals surface area contributed by atoms with Crippen molar-refractivity contribution in [3.05, 3.63) is 35.9 Å². The van der Waals surface area contributed by atoms with Gasteiger partial charge >= 0.3 is 12.1 Å². The Morgan fingerprint density at radius 2 is 1.85 bits per heavy atom. The first-order chi connectivity index (χ1) is 9.49. The van der Waals surface area contributed by atoms with Crippen LogP contribution in [0.4, 0.5) is 4.79 Å². The molecule has 5 heteroatoms. The Kier molecular flexibility index (Phi) is 6.56. The van der Waals surface area contributed by atoms with E-state index in [9.17, 15) is 9.59 Å². The number of carboxylic acid groups (broad SMARTS) is 1. The van der Waals surface area contributed by atoms with Crippen molar-refractivity contribution in [3.8, 4) is 0 Å². The van der Waals surface area contributed by atoms with E-state index in [1.807, 2.05) is 44.2 Å². The maximum Gasteiger partial charge on any atom is 0.408 e. The largest absolute Gasteiger partial charge is 0.480 e.